The van der Waals surface area contributed by atoms with Crippen molar-refractivity contribution in [2.45, 2.75) is 32.4 Å². The number of fused-ring (bicyclic) bond motifs is 1. The molecule has 2 aromatic rings. The second-order valence-corrected chi connectivity index (χ2v) is 7.57. The average molecular weight is 441 g/mol. The molecule has 1 aliphatic heterocycles. The van der Waals surface area contributed by atoms with Gasteiger partial charge in [-0.25, -0.2) is 4.79 Å². The van der Waals surface area contributed by atoms with E-state index < -0.39 is 23.8 Å². The third-order valence-corrected chi connectivity index (χ3v) is 5.72. The summed E-state index contributed by atoms with van der Waals surface area (Å²) >= 11 is 0. The predicted molar refractivity (Wildman–Crippen MR) is 109 cm³/mol. The summed E-state index contributed by atoms with van der Waals surface area (Å²) in [5.41, 5.74) is 0.627. The number of benzene rings is 1. The molecular weight excluding hydrogens is 418 g/mol. The highest BCUT2D eigenvalue weighted by Gasteiger charge is 2.50. The van der Waals surface area contributed by atoms with Crippen LogP contribution in [0.1, 0.15) is 25.7 Å². The highest BCUT2D eigenvalue weighted by molar-refractivity contribution is 6.08. The lowest BCUT2D eigenvalue weighted by Crippen LogP contribution is -2.44. The Labute approximate surface area is 184 Å². The van der Waals surface area contributed by atoms with Gasteiger partial charge in [-0.1, -0.05) is 17.3 Å². The molecule has 0 unspecified atom stereocenters. The lowest BCUT2D eigenvalue weighted by molar-refractivity contribution is -0.159. The van der Waals surface area contributed by atoms with Gasteiger partial charge in [0.1, 0.15) is 6.04 Å². The van der Waals surface area contributed by atoms with Crippen molar-refractivity contribution in [1.82, 2.24) is 15.0 Å². The maximum atomic E-state index is 12.6. The van der Waals surface area contributed by atoms with Crippen LogP contribution in [0.4, 0.5) is 0 Å². The third kappa shape index (κ3) is 3.83. The van der Waals surface area contributed by atoms with E-state index >= 15 is 0 Å². The van der Waals surface area contributed by atoms with Crippen molar-refractivity contribution < 1.29 is 33.1 Å². The number of aromatic nitrogens is 2. The minimum absolute atomic E-state index is 0.0762. The summed E-state index contributed by atoms with van der Waals surface area (Å²) in [5, 5.41) is 3.89. The summed E-state index contributed by atoms with van der Waals surface area (Å²) in [4.78, 5) is 43.0. The van der Waals surface area contributed by atoms with Crippen molar-refractivity contribution in [3.63, 3.8) is 0 Å². The van der Waals surface area contributed by atoms with E-state index in [0.717, 1.165) is 4.90 Å². The number of likely N-dealkylation sites (tertiary alicyclic amines) is 1. The molecule has 2 aliphatic rings. The average Bonchev–Trinajstić information content (AvgIpc) is 3.39. The zero-order valence-electron chi connectivity index (χ0n) is 17.9. The van der Waals surface area contributed by atoms with E-state index in [9.17, 15) is 14.4 Å². The summed E-state index contributed by atoms with van der Waals surface area (Å²) in [7, 11) is 3.05. The van der Waals surface area contributed by atoms with Crippen LogP contribution in [0, 0.1) is 11.8 Å². The molecule has 0 saturated carbocycles. The Balaban J connectivity index is 1.39. The molecule has 2 heterocycles. The molecule has 0 N–H and O–H groups in total. The molecule has 1 aromatic heterocycles. The van der Waals surface area contributed by atoms with Gasteiger partial charge in [0.15, 0.2) is 18.1 Å². The highest BCUT2D eigenvalue weighted by Crippen LogP contribution is 2.36. The maximum Gasteiger partial charge on any atom is 0.329 e. The van der Waals surface area contributed by atoms with Gasteiger partial charge < -0.3 is 18.7 Å². The molecule has 3 atom stereocenters. The quantitative estimate of drug-likeness (QED) is 0.361. The Morgan fingerprint density at radius 1 is 1.12 bits per heavy atom. The van der Waals surface area contributed by atoms with Crippen LogP contribution in [0.15, 0.2) is 34.9 Å². The van der Waals surface area contributed by atoms with E-state index in [1.54, 1.807) is 18.2 Å². The van der Waals surface area contributed by atoms with Gasteiger partial charge in [-0.2, -0.15) is 4.98 Å². The fraction of sp³-hybridized carbons (Fsp3) is 0.409. The van der Waals surface area contributed by atoms with Crippen LogP contribution in [0.5, 0.6) is 11.5 Å². The van der Waals surface area contributed by atoms with Gasteiger partial charge in [-0.3, -0.25) is 14.5 Å². The summed E-state index contributed by atoms with van der Waals surface area (Å²) in [6.45, 7) is 1.19. The van der Waals surface area contributed by atoms with Crippen molar-refractivity contribution >= 4 is 17.8 Å². The molecule has 168 valence electrons. The number of carbonyl (C=O) groups excluding carboxylic acids is 3. The number of ether oxygens (including phenoxy) is 3. The van der Waals surface area contributed by atoms with E-state index in [1.165, 1.54) is 21.1 Å². The van der Waals surface area contributed by atoms with Crippen molar-refractivity contribution in [2.75, 3.05) is 14.2 Å². The number of amides is 2. The lowest BCUT2D eigenvalue weighted by Gasteiger charge is -2.21. The molecule has 0 bridgehead atoms. The third-order valence-electron chi connectivity index (χ3n) is 5.72. The molecule has 10 nitrogen and oxygen atoms in total. The molecule has 1 saturated heterocycles. The molecule has 1 aromatic carbocycles. The van der Waals surface area contributed by atoms with Gasteiger partial charge in [0.05, 0.1) is 26.1 Å². The Hall–Kier alpha value is -3.69. The minimum atomic E-state index is -1.03. The summed E-state index contributed by atoms with van der Waals surface area (Å²) in [6, 6.07) is 4.11. The fourth-order valence-electron chi connectivity index (χ4n) is 3.97. The van der Waals surface area contributed by atoms with Crippen LogP contribution >= 0.6 is 0 Å². The Morgan fingerprint density at radius 3 is 2.41 bits per heavy atom. The number of nitrogens with zero attached hydrogens (tertiary/aromatic N) is 3. The largest absolute Gasteiger partial charge is 0.493 e. The van der Waals surface area contributed by atoms with Crippen LogP contribution in [0.3, 0.4) is 0 Å². The number of methoxy groups -OCH3 is 2. The first-order chi connectivity index (χ1) is 15.4. The smallest absolute Gasteiger partial charge is 0.329 e. The predicted octanol–water partition coefficient (Wildman–Crippen LogP) is 2.14. The maximum absolute atomic E-state index is 12.6. The summed E-state index contributed by atoms with van der Waals surface area (Å²) < 4.78 is 20.9. The second kappa shape index (κ2) is 8.81. The normalized spacial score (nSPS) is 20.8. The van der Waals surface area contributed by atoms with Crippen molar-refractivity contribution in [3.8, 4) is 22.9 Å². The van der Waals surface area contributed by atoms with Crippen LogP contribution < -0.4 is 9.47 Å². The molecule has 0 radical (unpaired) electrons. The van der Waals surface area contributed by atoms with Crippen molar-refractivity contribution in [2.24, 2.45) is 11.8 Å². The van der Waals surface area contributed by atoms with Gasteiger partial charge in [0, 0.05) is 5.56 Å². The highest BCUT2D eigenvalue weighted by atomic mass is 16.6. The molecule has 1 fully saturated rings. The number of esters is 1. The zero-order chi connectivity index (χ0) is 22.8. The number of hydrogen-bond donors (Lipinski definition) is 0. The van der Waals surface area contributed by atoms with E-state index in [0.29, 0.717) is 29.9 Å². The zero-order valence-corrected chi connectivity index (χ0v) is 17.9. The molecule has 32 heavy (non-hydrogen) atoms. The molecule has 1 aliphatic carbocycles. The first-order valence-electron chi connectivity index (χ1n) is 10.2. The van der Waals surface area contributed by atoms with Crippen LogP contribution in [-0.4, -0.2) is 53.1 Å². The van der Waals surface area contributed by atoms with Crippen LogP contribution in [0.2, 0.25) is 0 Å². The standard InChI is InChI=1S/C22H23N3O7/c1-12(25-20(26)14-6-4-5-7-15(14)21(25)27)22(28)31-11-18-23-19(24-32-18)13-8-9-16(29-2)17(10-13)30-3/h4-5,8-10,12,14-15H,6-7,11H2,1-3H3/t12-,14-,15+/m1/s1. The van der Waals surface area contributed by atoms with Gasteiger partial charge in [0.25, 0.3) is 5.89 Å². The molecule has 4 rings (SSSR count). The first-order valence-corrected chi connectivity index (χ1v) is 10.2. The lowest BCUT2D eigenvalue weighted by atomic mass is 9.85. The second-order valence-electron chi connectivity index (χ2n) is 7.57. The summed E-state index contributed by atoms with van der Waals surface area (Å²) in [6.07, 6.45) is 4.80. The van der Waals surface area contributed by atoms with Gasteiger partial charge in [0.2, 0.25) is 17.6 Å². The van der Waals surface area contributed by atoms with E-state index in [2.05, 4.69) is 10.1 Å². The van der Waals surface area contributed by atoms with Crippen molar-refractivity contribution in [1.29, 1.82) is 0 Å². The van der Waals surface area contributed by atoms with Crippen LogP contribution in [0.25, 0.3) is 11.4 Å². The van der Waals surface area contributed by atoms with Gasteiger partial charge >= 0.3 is 5.97 Å². The van der Waals surface area contributed by atoms with Gasteiger partial charge in [-0.05, 0) is 38.0 Å². The number of imide groups is 1. The first kappa shape index (κ1) is 21.5. The van der Waals surface area contributed by atoms with E-state index in [-0.39, 0.29) is 30.1 Å². The Kier molecular flexibility index (Phi) is 5.93. The van der Waals surface area contributed by atoms with Gasteiger partial charge in [-0.15, -0.1) is 0 Å². The van der Waals surface area contributed by atoms with E-state index in [4.69, 9.17) is 18.7 Å². The SMILES string of the molecule is COc1ccc(-c2noc(COC(=O)[C@@H](C)N3C(=O)[C@H]4CC=CC[C@H]4C3=O)n2)cc1OC. The topological polar surface area (TPSA) is 121 Å². The molecule has 10 heteroatoms. The van der Waals surface area contributed by atoms with Crippen LogP contribution in [-0.2, 0) is 25.7 Å². The monoisotopic (exact) mass is 441 g/mol. The minimum Gasteiger partial charge on any atom is -0.493 e. The Morgan fingerprint density at radius 2 is 1.78 bits per heavy atom. The molecule has 0 spiro atoms. The Bertz CT molecular complexity index is 1050. The van der Waals surface area contributed by atoms with Crippen molar-refractivity contribution in [3.05, 3.63) is 36.2 Å². The number of allylic oxidation sites excluding steroid dienone is 2. The van der Waals surface area contributed by atoms with E-state index in [1.807, 2.05) is 12.2 Å². The fourth-order valence-corrected chi connectivity index (χ4v) is 3.97. The summed E-state index contributed by atoms with van der Waals surface area (Å²) in [5.74, 6) is -0.755. The number of hydrogen-bond acceptors (Lipinski definition) is 9. The molecule has 2 amide bonds. The number of rotatable bonds is 7. The molecular formula is C22H23N3O7. The number of carbonyl (C=O) groups is 3.